The Labute approximate surface area is 130 Å². The van der Waals surface area contributed by atoms with Gasteiger partial charge in [-0.25, -0.2) is 0 Å². The van der Waals surface area contributed by atoms with Crippen molar-refractivity contribution >= 4 is 28.9 Å². The predicted molar refractivity (Wildman–Crippen MR) is 90.7 cm³/mol. The lowest BCUT2D eigenvalue weighted by molar-refractivity contribution is 1.05. The molecule has 1 heterocycles. The third kappa shape index (κ3) is 3.51. The standard InChI is InChI=1S/C17H17N3.ClH/c18-10-13-3-1-4-14(9-13)11-20-17-6-2-5-15-12-19-8-7-16(15)17;/h1-9,12,20H,10-11,18H2;1H. The molecule has 2 aromatic carbocycles. The van der Waals surface area contributed by atoms with Crippen molar-refractivity contribution in [3.05, 3.63) is 72.1 Å². The lowest BCUT2D eigenvalue weighted by atomic mass is 10.1. The van der Waals surface area contributed by atoms with Crippen molar-refractivity contribution in [1.29, 1.82) is 0 Å². The monoisotopic (exact) mass is 299 g/mol. The highest BCUT2D eigenvalue weighted by atomic mass is 35.5. The average molecular weight is 300 g/mol. The summed E-state index contributed by atoms with van der Waals surface area (Å²) < 4.78 is 0. The number of hydrogen-bond acceptors (Lipinski definition) is 3. The van der Waals surface area contributed by atoms with E-state index < -0.39 is 0 Å². The number of nitrogens with two attached hydrogens (primary N) is 1. The zero-order chi connectivity index (χ0) is 13.8. The van der Waals surface area contributed by atoms with Gasteiger partial charge in [-0.05, 0) is 23.3 Å². The highest BCUT2D eigenvalue weighted by molar-refractivity contribution is 5.93. The molecular weight excluding hydrogens is 282 g/mol. The van der Waals surface area contributed by atoms with Crippen molar-refractivity contribution in [2.24, 2.45) is 5.73 Å². The molecule has 0 saturated heterocycles. The van der Waals surface area contributed by atoms with Gasteiger partial charge in [0, 0.05) is 41.9 Å². The second kappa shape index (κ2) is 7.07. The molecule has 21 heavy (non-hydrogen) atoms. The second-order valence-corrected chi connectivity index (χ2v) is 4.78. The third-order valence-corrected chi connectivity index (χ3v) is 3.39. The Morgan fingerprint density at radius 1 is 1.00 bits per heavy atom. The first-order valence-corrected chi connectivity index (χ1v) is 6.71. The van der Waals surface area contributed by atoms with Crippen LogP contribution in [-0.4, -0.2) is 4.98 Å². The number of pyridine rings is 1. The van der Waals surface area contributed by atoms with Crippen LogP contribution in [0.15, 0.2) is 60.9 Å². The van der Waals surface area contributed by atoms with Crippen LogP contribution in [0.4, 0.5) is 5.69 Å². The molecule has 0 fully saturated rings. The molecule has 0 aliphatic rings. The predicted octanol–water partition coefficient (Wildman–Crippen LogP) is 3.73. The zero-order valence-corrected chi connectivity index (χ0v) is 12.4. The molecule has 0 radical (unpaired) electrons. The molecule has 0 unspecified atom stereocenters. The highest BCUT2D eigenvalue weighted by Gasteiger charge is 2.00. The largest absolute Gasteiger partial charge is 0.380 e. The second-order valence-electron chi connectivity index (χ2n) is 4.78. The number of nitrogens with zero attached hydrogens (tertiary/aromatic N) is 1. The summed E-state index contributed by atoms with van der Waals surface area (Å²) in [6, 6.07) is 16.6. The van der Waals surface area contributed by atoms with E-state index in [-0.39, 0.29) is 12.4 Å². The maximum atomic E-state index is 5.67. The average Bonchev–Trinajstić information content (AvgIpc) is 2.53. The van der Waals surface area contributed by atoms with Crippen LogP contribution in [0, 0.1) is 0 Å². The van der Waals surface area contributed by atoms with Gasteiger partial charge in [0.15, 0.2) is 0 Å². The van der Waals surface area contributed by atoms with E-state index in [2.05, 4.69) is 34.6 Å². The Hall–Kier alpha value is -2.10. The number of anilines is 1. The fraction of sp³-hybridized carbons (Fsp3) is 0.118. The van der Waals surface area contributed by atoms with Gasteiger partial charge in [0.2, 0.25) is 0 Å². The summed E-state index contributed by atoms with van der Waals surface area (Å²) in [6.45, 7) is 1.36. The maximum Gasteiger partial charge on any atom is 0.0423 e. The Morgan fingerprint density at radius 2 is 1.81 bits per heavy atom. The van der Waals surface area contributed by atoms with Crippen LogP contribution >= 0.6 is 12.4 Å². The lowest BCUT2D eigenvalue weighted by Gasteiger charge is -2.10. The van der Waals surface area contributed by atoms with Crippen molar-refractivity contribution in [3.8, 4) is 0 Å². The number of halogens is 1. The summed E-state index contributed by atoms with van der Waals surface area (Å²) in [6.07, 6.45) is 3.71. The van der Waals surface area contributed by atoms with Gasteiger partial charge in [-0.2, -0.15) is 0 Å². The molecule has 0 atom stereocenters. The molecule has 108 valence electrons. The fourth-order valence-corrected chi connectivity index (χ4v) is 2.34. The van der Waals surface area contributed by atoms with Crippen LogP contribution in [0.2, 0.25) is 0 Å². The molecule has 0 amide bonds. The van der Waals surface area contributed by atoms with Gasteiger partial charge in [-0.1, -0.05) is 36.4 Å². The lowest BCUT2D eigenvalue weighted by Crippen LogP contribution is -2.02. The number of rotatable bonds is 4. The Bertz CT molecular complexity index is 723. The highest BCUT2D eigenvalue weighted by Crippen LogP contribution is 2.22. The van der Waals surface area contributed by atoms with Crippen LogP contribution in [0.1, 0.15) is 11.1 Å². The van der Waals surface area contributed by atoms with Gasteiger partial charge < -0.3 is 11.1 Å². The molecule has 4 heteroatoms. The summed E-state index contributed by atoms with van der Waals surface area (Å²) in [5.74, 6) is 0. The molecule has 0 spiro atoms. The van der Waals surface area contributed by atoms with Gasteiger partial charge in [0.05, 0.1) is 0 Å². The fourth-order valence-electron chi connectivity index (χ4n) is 2.34. The smallest absolute Gasteiger partial charge is 0.0423 e. The summed E-state index contributed by atoms with van der Waals surface area (Å²) in [5, 5.41) is 5.83. The van der Waals surface area contributed by atoms with Crippen LogP contribution in [0.5, 0.6) is 0 Å². The molecule has 0 aliphatic heterocycles. The van der Waals surface area contributed by atoms with Crippen molar-refractivity contribution in [2.75, 3.05) is 5.32 Å². The number of fused-ring (bicyclic) bond motifs is 1. The van der Waals surface area contributed by atoms with E-state index in [1.165, 1.54) is 10.9 Å². The van der Waals surface area contributed by atoms with E-state index in [1.54, 1.807) is 0 Å². The number of nitrogens with one attached hydrogen (secondary N) is 1. The van der Waals surface area contributed by atoms with E-state index in [0.717, 1.165) is 23.2 Å². The first-order chi connectivity index (χ1) is 9.86. The molecule has 0 bridgehead atoms. The molecule has 3 rings (SSSR count). The van der Waals surface area contributed by atoms with Gasteiger partial charge in [-0.3, -0.25) is 4.98 Å². The van der Waals surface area contributed by atoms with Crippen LogP contribution in [-0.2, 0) is 13.1 Å². The minimum Gasteiger partial charge on any atom is -0.380 e. The topological polar surface area (TPSA) is 50.9 Å². The summed E-state index contributed by atoms with van der Waals surface area (Å²) in [7, 11) is 0. The van der Waals surface area contributed by atoms with Crippen LogP contribution in [0.25, 0.3) is 10.8 Å². The summed E-state index contributed by atoms with van der Waals surface area (Å²) in [5.41, 5.74) is 9.19. The third-order valence-electron chi connectivity index (χ3n) is 3.39. The Balaban J connectivity index is 0.00000161. The minimum atomic E-state index is 0. The summed E-state index contributed by atoms with van der Waals surface area (Å²) in [4.78, 5) is 4.15. The number of hydrogen-bond donors (Lipinski definition) is 2. The molecular formula is C17H18ClN3. The van der Waals surface area contributed by atoms with E-state index in [4.69, 9.17) is 5.73 Å². The molecule has 3 aromatic rings. The van der Waals surface area contributed by atoms with Crippen molar-refractivity contribution in [3.63, 3.8) is 0 Å². The molecule has 3 nitrogen and oxygen atoms in total. The normalized spacial score (nSPS) is 10.1. The number of aromatic nitrogens is 1. The van der Waals surface area contributed by atoms with Gasteiger partial charge in [0.25, 0.3) is 0 Å². The van der Waals surface area contributed by atoms with Gasteiger partial charge >= 0.3 is 0 Å². The quantitative estimate of drug-likeness (QED) is 0.772. The van der Waals surface area contributed by atoms with Crippen molar-refractivity contribution in [2.45, 2.75) is 13.1 Å². The van der Waals surface area contributed by atoms with Crippen molar-refractivity contribution in [1.82, 2.24) is 4.98 Å². The first kappa shape index (κ1) is 15.3. The molecule has 1 aromatic heterocycles. The molecule has 0 saturated carbocycles. The van der Waals surface area contributed by atoms with Crippen LogP contribution < -0.4 is 11.1 Å². The molecule has 3 N–H and O–H groups in total. The first-order valence-electron chi connectivity index (χ1n) is 6.71. The number of benzene rings is 2. The Kier molecular flexibility index (Phi) is 5.14. The SMILES string of the molecule is Cl.NCc1cccc(CNc2cccc3cnccc23)c1. The van der Waals surface area contributed by atoms with E-state index in [1.807, 2.05) is 36.7 Å². The van der Waals surface area contributed by atoms with E-state index in [9.17, 15) is 0 Å². The van der Waals surface area contributed by atoms with Gasteiger partial charge in [-0.15, -0.1) is 12.4 Å². The molecule has 0 aliphatic carbocycles. The maximum absolute atomic E-state index is 5.67. The minimum absolute atomic E-state index is 0. The van der Waals surface area contributed by atoms with E-state index in [0.29, 0.717) is 6.54 Å². The Morgan fingerprint density at radius 3 is 2.67 bits per heavy atom. The summed E-state index contributed by atoms with van der Waals surface area (Å²) >= 11 is 0. The zero-order valence-electron chi connectivity index (χ0n) is 11.6. The van der Waals surface area contributed by atoms with Crippen LogP contribution in [0.3, 0.4) is 0 Å². The van der Waals surface area contributed by atoms with Gasteiger partial charge in [0.1, 0.15) is 0 Å². The van der Waals surface area contributed by atoms with E-state index >= 15 is 0 Å². The van der Waals surface area contributed by atoms with Crippen molar-refractivity contribution < 1.29 is 0 Å².